The van der Waals surface area contributed by atoms with Crippen LogP contribution in [0.25, 0.3) is 0 Å². The third kappa shape index (κ3) is 4.37. The molecule has 1 heterocycles. The van der Waals surface area contributed by atoms with E-state index in [2.05, 4.69) is 4.90 Å². The van der Waals surface area contributed by atoms with Crippen molar-refractivity contribution >= 4 is 10.0 Å². The third-order valence-corrected chi connectivity index (χ3v) is 6.87. The van der Waals surface area contributed by atoms with Crippen molar-refractivity contribution < 1.29 is 26.0 Å². The molecular weight excluding hydrogens is 396 g/mol. The lowest BCUT2D eigenvalue weighted by Crippen LogP contribution is -2.49. The highest BCUT2D eigenvalue weighted by Gasteiger charge is 2.34. The van der Waals surface area contributed by atoms with E-state index in [-0.39, 0.29) is 29.8 Å². The average molecular weight is 416 g/mol. The molecule has 0 radical (unpaired) electrons. The van der Waals surface area contributed by atoms with E-state index < -0.39 is 21.8 Å². The van der Waals surface area contributed by atoms with Crippen molar-refractivity contribution in [2.45, 2.75) is 24.0 Å². The number of nitrogens with zero attached hydrogens (tertiary/aromatic N) is 2. The van der Waals surface area contributed by atoms with Gasteiger partial charge in [0.15, 0.2) is 0 Å². The van der Waals surface area contributed by atoms with Gasteiger partial charge in [0, 0.05) is 32.2 Å². The Morgan fingerprint density at radius 3 is 2.14 bits per heavy atom. The smallest absolute Gasteiger partial charge is 0.294 e. The second-order valence-electron chi connectivity index (χ2n) is 6.69. The molecule has 4 nitrogen and oxygen atoms in total. The van der Waals surface area contributed by atoms with Gasteiger partial charge in [0.2, 0.25) is 10.0 Å². The molecule has 1 saturated heterocycles. The van der Waals surface area contributed by atoms with Crippen LogP contribution < -0.4 is 0 Å². The first-order chi connectivity index (χ1) is 13.1. The first kappa shape index (κ1) is 20.8. The molecule has 1 fully saturated rings. The van der Waals surface area contributed by atoms with E-state index in [9.17, 15) is 26.0 Å². The fourth-order valence-corrected chi connectivity index (χ4v) is 4.73. The summed E-state index contributed by atoms with van der Waals surface area (Å²) < 4.78 is 78.4. The number of hydrogen-bond acceptors (Lipinski definition) is 3. The first-order valence-electron chi connectivity index (χ1n) is 8.76. The zero-order valence-corrected chi connectivity index (χ0v) is 16.0. The summed E-state index contributed by atoms with van der Waals surface area (Å²) in [4.78, 5) is 1.70. The zero-order chi connectivity index (χ0) is 20.5. The van der Waals surface area contributed by atoms with Crippen molar-refractivity contribution in [3.63, 3.8) is 0 Å². The summed E-state index contributed by atoms with van der Waals surface area (Å²) >= 11 is 0. The van der Waals surface area contributed by atoms with E-state index in [1.807, 2.05) is 6.92 Å². The van der Waals surface area contributed by atoms with Gasteiger partial charge in [0.25, 0.3) is 0 Å². The Labute approximate surface area is 161 Å². The van der Waals surface area contributed by atoms with E-state index in [0.29, 0.717) is 19.2 Å². The molecule has 0 saturated carbocycles. The number of benzene rings is 2. The summed E-state index contributed by atoms with van der Waals surface area (Å²) in [6.07, 6.45) is -4.60. The maximum atomic E-state index is 13.1. The fourth-order valence-electron chi connectivity index (χ4n) is 3.27. The number of sulfonamides is 1. The average Bonchev–Trinajstić information content (AvgIpc) is 2.67. The van der Waals surface area contributed by atoms with Crippen molar-refractivity contribution in [2.75, 3.05) is 26.2 Å². The predicted octanol–water partition coefficient (Wildman–Crippen LogP) is 3.91. The van der Waals surface area contributed by atoms with Crippen LogP contribution in [0.3, 0.4) is 0 Å². The SMILES string of the molecule is CC(c1ccc(F)cc1)N1CCN(S(=O)(=O)c2cccc(C(F)(F)F)c2)CC1. The van der Waals surface area contributed by atoms with Crippen LogP contribution in [-0.2, 0) is 16.2 Å². The van der Waals surface area contributed by atoms with E-state index in [1.165, 1.54) is 22.5 Å². The van der Waals surface area contributed by atoms with Crippen molar-refractivity contribution in [1.82, 2.24) is 9.21 Å². The Bertz CT molecular complexity index is 922. The van der Waals surface area contributed by atoms with Crippen LogP contribution >= 0.6 is 0 Å². The van der Waals surface area contributed by atoms with Gasteiger partial charge in [-0.25, -0.2) is 12.8 Å². The number of hydrogen-bond donors (Lipinski definition) is 0. The minimum Gasteiger partial charge on any atom is -0.294 e. The monoisotopic (exact) mass is 416 g/mol. The zero-order valence-electron chi connectivity index (χ0n) is 15.2. The fraction of sp³-hybridized carbons (Fsp3) is 0.368. The molecule has 0 spiro atoms. The maximum Gasteiger partial charge on any atom is 0.416 e. The molecule has 9 heteroatoms. The van der Waals surface area contributed by atoms with E-state index >= 15 is 0 Å². The van der Waals surface area contributed by atoms with Crippen LogP contribution in [-0.4, -0.2) is 43.8 Å². The molecule has 2 aromatic carbocycles. The molecule has 0 N–H and O–H groups in total. The van der Waals surface area contributed by atoms with Crippen molar-refractivity contribution in [3.05, 3.63) is 65.5 Å². The summed E-state index contributed by atoms with van der Waals surface area (Å²) in [6, 6.07) is 9.89. The van der Waals surface area contributed by atoms with Crippen molar-refractivity contribution in [1.29, 1.82) is 0 Å². The molecule has 0 aliphatic carbocycles. The van der Waals surface area contributed by atoms with E-state index in [1.54, 1.807) is 12.1 Å². The summed E-state index contributed by atoms with van der Waals surface area (Å²) in [7, 11) is -4.01. The largest absolute Gasteiger partial charge is 0.416 e. The first-order valence-corrected chi connectivity index (χ1v) is 10.2. The van der Waals surface area contributed by atoms with Gasteiger partial charge in [-0.2, -0.15) is 17.5 Å². The number of halogens is 4. The maximum absolute atomic E-state index is 13.1. The topological polar surface area (TPSA) is 40.6 Å². The standard InChI is InChI=1S/C19H20F4N2O2S/c1-14(15-5-7-17(20)8-6-15)24-9-11-25(12-10-24)28(26,27)18-4-2-3-16(13-18)19(21,22)23/h2-8,13-14H,9-12H2,1H3. The van der Waals surface area contributed by atoms with Gasteiger partial charge in [-0.1, -0.05) is 18.2 Å². The van der Waals surface area contributed by atoms with Gasteiger partial charge in [-0.3, -0.25) is 4.90 Å². The number of piperazine rings is 1. The summed E-state index contributed by atoms with van der Waals surface area (Å²) in [6.45, 7) is 3.14. The molecule has 2 aromatic rings. The van der Waals surface area contributed by atoms with E-state index in [4.69, 9.17) is 0 Å². The van der Waals surface area contributed by atoms with E-state index in [0.717, 1.165) is 17.7 Å². The lowest BCUT2D eigenvalue weighted by molar-refractivity contribution is -0.137. The summed E-state index contributed by atoms with van der Waals surface area (Å²) in [5, 5.41) is 0. The minimum absolute atomic E-state index is 0.0287. The molecular formula is C19H20F4N2O2S. The van der Waals surface area contributed by atoms with Crippen molar-refractivity contribution in [2.24, 2.45) is 0 Å². The molecule has 3 rings (SSSR count). The van der Waals surface area contributed by atoms with Gasteiger partial charge in [-0.15, -0.1) is 0 Å². The minimum atomic E-state index is -4.60. The van der Waals surface area contributed by atoms with Crippen LogP contribution in [0.4, 0.5) is 17.6 Å². The molecule has 1 atom stereocenters. The molecule has 0 bridgehead atoms. The van der Waals surface area contributed by atoms with Gasteiger partial charge in [0.1, 0.15) is 5.82 Å². The lowest BCUT2D eigenvalue weighted by Gasteiger charge is -2.37. The molecule has 1 aliphatic heterocycles. The van der Waals surface area contributed by atoms with Crippen LogP contribution in [0.1, 0.15) is 24.1 Å². The Balaban J connectivity index is 1.71. The number of rotatable bonds is 4. The predicted molar refractivity (Wildman–Crippen MR) is 96.6 cm³/mol. The van der Waals surface area contributed by atoms with Crippen LogP contribution in [0.5, 0.6) is 0 Å². The van der Waals surface area contributed by atoms with Gasteiger partial charge in [0.05, 0.1) is 10.5 Å². The van der Waals surface area contributed by atoms with Crippen LogP contribution in [0, 0.1) is 5.82 Å². The lowest BCUT2D eigenvalue weighted by atomic mass is 10.1. The Morgan fingerprint density at radius 2 is 1.57 bits per heavy atom. The van der Waals surface area contributed by atoms with Crippen LogP contribution in [0.2, 0.25) is 0 Å². The normalized spacial score (nSPS) is 18.2. The van der Waals surface area contributed by atoms with Gasteiger partial charge < -0.3 is 0 Å². The summed E-state index contributed by atoms with van der Waals surface area (Å²) in [5.74, 6) is -0.326. The Hall–Kier alpha value is -1.97. The highest BCUT2D eigenvalue weighted by Crippen LogP contribution is 2.31. The molecule has 1 unspecified atom stereocenters. The van der Waals surface area contributed by atoms with Gasteiger partial charge >= 0.3 is 6.18 Å². The highest BCUT2D eigenvalue weighted by molar-refractivity contribution is 7.89. The number of alkyl halides is 3. The summed E-state index contributed by atoms with van der Waals surface area (Å²) in [5.41, 5.74) is -0.0762. The molecule has 1 aliphatic rings. The quantitative estimate of drug-likeness (QED) is 0.710. The molecule has 28 heavy (non-hydrogen) atoms. The Kier molecular flexibility index (Phi) is 5.79. The highest BCUT2D eigenvalue weighted by atomic mass is 32.2. The molecule has 0 amide bonds. The second kappa shape index (κ2) is 7.81. The van der Waals surface area contributed by atoms with Gasteiger partial charge in [-0.05, 0) is 42.8 Å². The van der Waals surface area contributed by atoms with Crippen molar-refractivity contribution in [3.8, 4) is 0 Å². The Morgan fingerprint density at radius 1 is 0.964 bits per heavy atom. The second-order valence-corrected chi connectivity index (χ2v) is 8.63. The molecule has 152 valence electrons. The third-order valence-electron chi connectivity index (χ3n) is 4.97. The molecule has 0 aromatic heterocycles. The van der Waals surface area contributed by atoms with Crippen LogP contribution in [0.15, 0.2) is 53.4 Å².